The number of Topliss-reactive ketones (excluding diaryl/α,β-unsaturated/α-hetero) is 1. The van der Waals surface area contributed by atoms with E-state index in [1.54, 1.807) is 7.11 Å². The van der Waals surface area contributed by atoms with Crippen LogP contribution in [0, 0.1) is 5.92 Å². The van der Waals surface area contributed by atoms with Crippen molar-refractivity contribution in [3.05, 3.63) is 0 Å². The van der Waals surface area contributed by atoms with E-state index in [0.717, 1.165) is 19.3 Å². The molecule has 0 bridgehead atoms. The molecule has 0 rings (SSSR count). The average molecular weight is 288 g/mol. The van der Waals surface area contributed by atoms with E-state index in [1.165, 1.54) is 0 Å². The van der Waals surface area contributed by atoms with Crippen molar-refractivity contribution in [3.63, 3.8) is 0 Å². The zero-order chi connectivity index (χ0) is 15.8. The van der Waals surface area contributed by atoms with Gasteiger partial charge in [0.2, 0.25) is 0 Å². The quantitative estimate of drug-likeness (QED) is 0.570. The van der Waals surface area contributed by atoms with Gasteiger partial charge in [0.1, 0.15) is 12.2 Å². The van der Waals surface area contributed by atoms with E-state index in [-0.39, 0.29) is 12.0 Å². The third-order valence-electron chi connectivity index (χ3n) is 3.51. The molecule has 0 radical (unpaired) electrons. The van der Waals surface area contributed by atoms with Gasteiger partial charge in [-0.05, 0) is 32.6 Å². The molecular weight excluding hydrogens is 260 g/mol. The minimum absolute atomic E-state index is 0.0692. The lowest BCUT2D eigenvalue weighted by Crippen LogP contribution is -2.22. The molecule has 0 saturated heterocycles. The average Bonchev–Trinajstić information content (AvgIpc) is 2.26. The molecular formula is C15H28O5. The van der Waals surface area contributed by atoms with Crippen molar-refractivity contribution in [1.82, 2.24) is 0 Å². The van der Waals surface area contributed by atoms with Gasteiger partial charge in [-0.15, -0.1) is 0 Å². The van der Waals surface area contributed by atoms with Gasteiger partial charge in [0.15, 0.2) is 0 Å². The number of carboxylic acid groups (broad SMARTS) is 1. The third kappa shape index (κ3) is 9.92. The fourth-order valence-corrected chi connectivity index (χ4v) is 2.15. The standard InChI is InChI=1S/C15H28O5/c1-11(6-5-7-15(2,3)20-4)8-12(16)9-13(17)10-14(18)19/h11-12,16H,5-10H2,1-4H3,(H,18,19). The summed E-state index contributed by atoms with van der Waals surface area (Å²) in [7, 11) is 1.70. The molecule has 2 N–H and O–H groups in total. The van der Waals surface area contributed by atoms with Crippen LogP contribution in [0.1, 0.15) is 59.3 Å². The molecule has 0 aliphatic carbocycles. The van der Waals surface area contributed by atoms with Gasteiger partial charge >= 0.3 is 5.97 Å². The van der Waals surface area contributed by atoms with Crippen molar-refractivity contribution in [2.45, 2.75) is 71.0 Å². The highest BCUT2D eigenvalue weighted by molar-refractivity contribution is 5.94. The van der Waals surface area contributed by atoms with E-state index in [4.69, 9.17) is 9.84 Å². The van der Waals surface area contributed by atoms with Gasteiger partial charge in [-0.2, -0.15) is 0 Å². The first-order chi connectivity index (χ1) is 9.16. The molecule has 2 unspecified atom stereocenters. The van der Waals surface area contributed by atoms with E-state index in [0.29, 0.717) is 12.3 Å². The summed E-state index contributed by atoms with van der Waals surface area (Å²) in [5.41, 5.74) is -0.129. The number of carboxylic acids is 1. The van der Waals surface area contributed by atoms with Crippen LogP contribution in [0.3, 0.4) is 0 Å². The summed E-state index contributed by atoms with van der Waals surface area (Å²) in [5.74, 6) is -1.26. The number of carbonyl (C=O) groups is 2. The van der Waals surface area contributed by atoms with Gasteiger partial charge in [0, 0.05) is 13.5 Å². The molecule has 0 aromatic rings. The molecule has 0 spiro atoms. The smallest absolute Gasteiger partial charge is 0.310 e. The molecule has 5 heteroatoms. The molecule has 0 fully saturated rings. The maximum absolute atomic E-state index is 11.3. The zero-order valence-electron chi connectivity index (χ0n) is 13.0. The molecule has 0 saturated carbocycles. The van der Waals surface area contributed by atoms with E-state index in [9.17, 15) is 14.7 Å². The maximum Gasteiger partial charge on any atom is 0.310 e. The first-order valence-electron chi connectivity index (χ1n) is 7.13. The highest BCUT2D eigenvalue weighted by Crippen LogP contribution is 2.21. The van der Waals surface area contributed by atoms with E-state index >= 15 is 0 Å². The van der Waals surface area contributed by atoms with Crippen LogP contribution in [-0.2, 0) is 14.3 Å². The van der Waals surface area contributed by atoms with E-state index < -0.39 is 24.3 Å². The molecule has 0 aromatic carbocycles. The van der Waals surface area contributed by atoms with Gasteiger partial charge < -0.3 is 14.9 Å². The lowest BCUT2D eigenvalue weighted by Gasteiger charge is -2.23. The van der Waals surface area contributed by atoms with Crippen LogP contribution in [0.25, 0.3) is 0 Å². The molecule has 5 nitrogen and oxygen atoms in total. The van der Waals surface area contributed by atoms with Crippen LogP contribution in [0.4, 0.5) is 0 Å². The largest absolute Gasteiger partial charge is 0.481 e. The van der Waals surface area contributed by atoms with Gasteiger partial charge in [0.05, 0.1) is 11.7 Å². The number of rotatable bonds is 11. The topological polar surface area (TPSA) is 83.8 Å². The Bertz CT molecular complexity index is 311. The number of aliphatic carboxylic acids is 1. The van der Waals surface area contributed by atoms with Crippen LogP contribution in [-0.4, -0.2) is 40.8 Å². The Balaban J connectivity index is 3.88. The number of ether oxygens (including phenoxy) is 1. The summed E-state index contributed by atoms with van der Waals surface area (Å²) in [6.07, 6.45) is 2.11. The number of carbonyl (C=O) groups excluding carboxylic acids is 1. The summed E-state index contributed by atoms with van der Waals surface area (Å²) in [5, 5.41) is 18.2. The zero-order valence-corrected chi connectivity index (χ0v) is 13.0. The van der Waals surface area contributed by atoms with Crippen LogP contribution >= 0.6 is 0 Å². The summed E-state index contributed by atoms with van der Waals surface area (Å²) in [6, 6.07) is 0. The molecule has 0 heterocycles. The molecule has 118 valence electrons. The Morgan fingerprint density at radius 1 is 1.30 bits per heavy atom. The maximum atomic E-state index is 11.3. The monoisotopic (exact) mass is 288 g/mol. The van der Waals surface area contributed by atoms with Crippen LogP contribution in [0.15, 0.2) is 0 Å². The Morgan fingerprint density at radius 3 is 2.40 bits per heavy atom. The lowest BCUT2D eigenvalue weighted by atomic mass is 9.92. The minimum atomic E-state index is -1.14. The molecule has 0 aliphatic rings. The molecule has 20 heavy (non-hydrogen) atoms. The second kappa shape index (κ2) is 9.08. The van der Waals surface area contributed by atoms with Crippen molar-refractivity contribution < 1.29 is 24.5 Å². The Labute approximate surface area is 121 Å². The van der Waals surface area contributed by atoms with Crippen molar-refractivity contribution in [2.24, 2.45) is 5.92 Å². The number of ketones is 1. The Morgan fingerprint density at radius 2 is 1.90 bits per heavy atom. The Hall–Kier alpha value is -0.940. The van der Waals surface area contributed by atoms with Gasteiger partial charge in [0.25, 0.3) is 0 Å². The summed E-state index contributed by atoms with van der Waals surface area (Å²) < 4.78 is 5.34. The predicted octanol–water partition coefficient (Wildman–Crippen LogP) is 2.40. The van der Waals surface area contributed by atoms with Crippen LogP contribution in [0.5, 0.6) is 0 Å². The first kappa shape index (κ1) is 19.1. The second-order valence-corrected chi connectivity index (χ2v) is 6.16. The first-order valence-corrected chi connectivity index (χ1v) is 7.13. The van der Waals surface area contributed by atoms with Crippen molar-refractivity contribution in [1.29, 1.82) is 0 Å². The van der Waals surface area contributed by atoms with Gasteiger partial charge in [-0.3, -0.25) is 9.59 Å². The third-order valence-corrected chi connectivity index (χ3v) is 3.51. The molecule has 0 aliphatic heterocycles. The molecule has 0 amide bonds. The minimum Gasteiger partial charge on any atom is -0.481 e. The van der Waals surface area contributed by atoms with Gasteiger partial charge in [-0.25, -0.2) is 0 Å². The fraction of sp³-hybridized carbons (Fsp3) is 0.867. The normalized spacial score (nSPS) is 14.8. The fourth-order valence-electron chi connectivity index (χ4n) is 2.15. The number of methoxy groups -OCH3 is 1. The summed E-state index contributed by atoms with van der Waals surface area (Å²) >= 11 is 0. The van der Waals surface area contributed by atoms with Crippen molar-refractivity contribution in [2.75, 3.05) is 7.11 Å². The summed E-state index contributed by atoms with van der Waals surface area (Å²) in [4.78, 5) is 21.6. The Kier molecular flexibility index (Phi) is 8.65. The highest BCUT2D eigenvalue weighted by atomic mass is 16.5. The van der Waals surface area contributed by atoms with E-state index in [1.807, 2.05) is 20.8 Å². The van der Waals surface area contributed by atoms with Crippen molar-refractivity contribution in [3.8, 4) is 0 Å². The number of aliphatic hydroxyl groups is 1. The van der Waals surface area contributed by atoms with Gasteiger partial charge in [-0.1, -0.05) is 19.8 Å². The molecule has 2 atom stereocenters. The summed E-state index contributed by atoms with van der Waals surface area (Å²) in [6.45, 7) is 6.11. The number of hydrogen-bond acceptors (Lipinski definition) is 4. The predicted molar refractivity (Wildman–Crippen MR) is 76.6 cm³/mol. The van der Waals surface area contributed by atoms with Crippen molar-refractivity contribution >= 4 is 11.8 Å². The second-order valence-electron chi connectivity index (χ2n) is 6.16. The van der Waals surface area contributed by atoms with Crippen LogP contribution < -0.4 is 0 Å². The highest BCUT2D eigenvalue weighted by Gasteiger charge is 2.19. The van der Waals surface area contributed by atoms with Crippen LogP contribution in [0.2, 0.25) is 0 Å². The SMILES string of the molecule is COC(C)(C)CCCC(C)CC(O)CC(=O)CC(=O)O. The lowest BCUT2D eigenvalue weighted by molar-refractivity contribution is -0.140. The number of hydrogen-bond donors (Lipinski definition) is 2. The molecule has 0 aromatic heterocycles. The number of aliphatic hydroxyl groups excluding tert-OH is 1. The van der Waals surface area contributed by atoms with E-state index in [2.05, 4.69) is 0 Å².